The van der Waals surface area contributed by atoms with Crippen LogP contribution in [0.15, 0.2) is 140 Å². The summed E-state index contributed by atoms with van der Waals surface area (Å²) in [6, 6.07) is 31.5. The second-order valence-corrected chi connectivity index (χ2v) is 32.0. The maximum atomic E-state index is 13.0. The number of ether oxygens (including phenoxy) is 7. The molecule has 0 aromatic heterocycles. The molecule has 2 saturated heterocycles. The summed E-state index contributed by atoms with van der Waals surface area (Å²) in [6.45, 7) is 7.00. The molecule has 7 heterocycles. The first-order chi connectivity index (χ1) is 62.3. The van der Waals surface area contributed by atoms with E-state index in [4.69, 9.17) is 33.2 Å². The number of fused-ring (bicyclic) bond motifs is 5. The Balaban J connectivity index is 0.000000152. The van der Waals surface area contributed by atoms with Crippen LogP contribution in [-0.4, -0.2) is 264 Å². The summed E-state index contributed by atoms with van der Waals surface area (Å²) in [5.74, 6) is -9.88. The van der Waals surface area contributed by atoms with Gasteiger partial charge in [0.2, 0.25) is 28.9 Å². The zero-order valence-corrected chi connectivity index (χ0v) is 69.7. The van der Waals surface area contributed by atoms with Crippen molar-refractivity contribution in [2.24, 2.45) is 0 Å². The summed E-state index contributed by atoms with van der Waals surface area (Å²) in [4.78, 5) is 62.7. The fraction of sp³-hybridized carbons (Fsp3) is 0.301. The highest BCUT2D eigenvalue weighted by atomic mass is 16.6. The zero-order chi connectivity index (χ0) is 96.4. The van der Waals surface area contributed by atoms with Crippen LogP contribution >= 0.6 is 0 Å². The van der Waals surface area contributed by atoms with E-state index < -0.39 is 227 Å². The normalized spacial score (nSPS) is 25.8. The first-order valence-electron chi connectivity index (χ1n) is 40.2. The Kier molecular flexibility index (Phi) is 28.6. The van der Waals surface area contributed by atoms with Crippen molar-refractivity contribution >= 4 is 28.9 Å². The van der Waals surface area contributed by atoms with E-state index in [0.717, 1.165) is 30.3 Å². The highest BCUT2D eigenvalue weighted by Crippen LogP contribution is 2.54. The molecule has 2 fully saturated rings. The maximum absolute atomic E-state index is 13.0. The van der Waals surface area contributed by atoms with Crippen molar-refractivity contribution in [1.29, 1.82) is 0 Å². The van der Waals surface area contributed by atoms with E-state index in [2.05, 4.69) is 0 Å². The molecule has 40 nitrogen and oxygen atoms in total. The van der Waals surface area contributed by atoms with Crippen molar-refractivity contribution < 1.29 is 200 Å². The van der Waals surface area contributed by atoms with Crippen molar-refractivity contribution in [3.05, 3.63) is 234 Å². The summed E-state index contributed by atoms with van der Waals surface area (Å²) in [5.41, 5.74) is 2.43. The molecule has 20 atom stereocenters. The van der Waals surface area contributed by atoms with E-state index in [0.29, 0.717) is 44.5 Å². The zero-order valence-electron chi connectivity index (χ0n) is 69.7. The van der Waals surface area contributed by atoms with Gasteiger partial charge in [-0.2, -0.15) is 0 Å². The van der Waals surface area contributed by atoms with Crippen molar-refractivity contribution in [3.8, 4) is 115 Å². The van der Waals surface area contributed by atoms with Crippen LogP contribution in [0.3, 0.4) is 0 Å². The number of aliphatic hydroxyl groups excluding tert-OH is 13. The number of rotatable bonds is 9. The number of hydrogen-bond donors (Lipinski definition) is 28. The summed E-state index contributed by atoms with van der Waals surface area (Å²) < 4.78 is 38.8. The summed E-state index contributed by atoms with van der Waals surface area (Å²) >= 11 is 0. The lowest BCUT2D eigenvalue weighted by atomic mass is 9.86. The van der Waals surface area contributed by atoms with Gasteiger partial charge in [0.05, 0.1) is 24.3 Å². The Bertz CT molecular complexity index is 5680. The van der Waals surface area contributed by atoms with Crippen LogP contribution in [0.4, 0.5) is 0 Å². The topological polar surface area (TPSA) is 716 Å². The maximum Gasteiger partial charge on any atom is 0.202 e. The summed E-state index contributed by atoms with van der Waals surface area (Å²) in [5, 5.41) is 281. The van der Waals surface area contributed by atoms with Crippen molar-refractivity contribution in [3.63, 3.8) is 0 Å². The number of Topliss-reactive ketones (excluding diaryl/α,β-unsaturated/α-hetero) is 5. The first-order valence-corrected chi connectivity index (χ1v) is 40.2. The average Bonchev–Trinajstić information content (AvgIpc) is 0.741. The smallest absolute Gasteiger partial charge is 0.202 e. The number of aromatic hydroxyl groups is 15. The van der Waals surface area contributed by atoms with Crippen molar-refractivity contribution in [1.82, 2.24) is 0 Å². The van der Waals surface area contributed by atoms with E-state index >= 15 is 0 Å². The molecule has 706 valence electrons. The molecule has 0 radical (unpaired) electrons. The highest BCUT2D eigenvalue weighted by Gasteiger charge is 2.52. The Morgan fingerprint density at radius 3 is 0.662 bits per heavy atom. The molecule has 0 aliphatic carbocycles. The van der Waals surface area contributed by atoms with E-state index in [1.807, 2.05) is 0 Å². The minimum Gasteiger partial charge on any atom is -0.508 e. The van der Waals surface area contributed by atoms with E-state index in [1.54, 1.807) is 95.3 Å². The molecule has 40 heteroatoms. The second kappa shape index (κ2) is 38.8. The Labute approximate surface area is 752 Å². The van der Waals surface area contributed by atoms with Crippen molar-refractivity contribution in [2.75, 3.05) is 13.2 Å². The molecule has 0 saturated carbocycles. The highest BCUT2D eigenvalue weighted by molar-refractivity contribution is 6.09. The van der Waals surface area contributed by atoms with Crippen LogP contribution < -0.4 is 23.7 Å². The summed E-state index contributed by atoms with van der Waals surface area (Å²) in [7, 11) is 0. The number of ketones is 5. The van der Waals surface area contributed by atoms with Gasteiger partial charge in [0.15, 0.2) is 61.0 Å². The van der Waals surface area contributed by atoms with Crippen LogP contribution in [0.25, 0.3) is 0 Å². The number of carbonyl (C=O) groups excluding carboxylic acids is 5. The number of aliphatic hydroxyl groups is 13. The molecular formula is C93H94O40. The molecule has 133 heavy (non-hydrogen) atoms. The monoisotopic (exact) mass is 1850 g/mol. The van der Waals surface area contributed by atoms with Gasteiger partial charge in [-0.15, -0.1) is 0 Å². The first kappa shape index (κ1) is 98.0. The SMILES string of the molecule is C.Cc1ccc(C2Oc3cc(O)cc(O)c3C(=O)C2O)cc1O.Cc1ccc([C@@H]2Oc3cc(O)c(C4OC(CO)C(O)C(O)C4O)c(O)c3C(=O)[C@H]2O)cc1O.Cc1ccc([C@@H]2Oc3cc(O)cc(O)c3C(=O)[C@H]2O)cc1O.Cc1ccc([C@H]2Oc3cc(O)c(C4OC(CO)C(O)C(O)C4O)c(O)c3C(=O)[C@@H]2O)cc1O.Cc1ccc([C@H]2Oc3cc(O)cc(O)c3C(=O)[C@@H]2O)cc1O. The van der Waals surface area contributed by atoms with Crippen LogP contribution in [0.2, 0.25) is 0 Å². The van der Waals surface area contributed by atoms with Crippen LogP contribution in [-0.2, 0) is 9.47 Å². The number of phenols is 15. The third-order valence-corrected chi connectivity index (χ3v) is 23.2. The Morgan fingerprint density at radius 1 is 0.241 bits per heavy atom. The molecule has 28 N–H and O–H groups in total. The second-order valence-electron chi connectivity index (χ2n) is 32.0. The minimum absolute atomic E-state index is 0. The van der Waals surface area contributed by atoms with Crippen LogP contribution in [0, 0.1) is 34.6 Å². The molecule has 7 aliphatic heterocycles. The lowest BCUT2D eigenvalue weighted by molar-refractivity contribution is -0.232. The number of carbonyl (C=O) groups is 5. The largest absolute Gasteiger partial charge is 0.508 e. The van der Waals surface area contributed by atoms with Gasteiger partial charge >= 0.3 is 0 Å². The third kappa shape index (κ3) is 18.7. The van der Waals surface area contributed by atoms with E-state index in [9.17, 15) is 167 Å². The number of benzene rings is 10. The average molecular weight is 1850 g/mol. The van der Waals surface area contributed by atoms with Gasteiger partial charge < -0.3 is 176 Å². The lowest BCUT2D eigenvalue weighted by Gasteiger charge is -2.41. The molecular weight excluding hydrogens is 1760 g/mol. The van der Waals surface area contributed by atoms with Gasteiger partial charge in [0, 0.05) is 48.5 Å². The van der Waals surface area contributed by atoms with Crippen LogP contribution in [0.1, 0.15) is 169 Å². The molecule has 10 aromatic rings. The van der Waals surface area contributed by atoms with Gasteiger partial charge in [0.1, 0.15) is 204 Å². The Hall–Kier alpha value is -14.1. The van der Waals surface area contributed by atoms with Gasteiger partial charge in [-0.25, -0.2) is 0 Å². The minimum atomic E-state index is -1.83. The summed E-state index contributed by atoms with van der Waals surface area (Å²) in [6.07, 6.45) is -30.2. The molecule has 0 amide bonds. The van der Waals surface area contributed by atoms with Gasteiger partial charge in [-0.05, 0) is 121 Å². The third-order valence-electron chi connectivity index (χ3n) is 23.2. The van der Waals surface area contributed by atoms with Gasteiger partial charge in [-0.1, -0.05) is 68.1 Å². The van der Waals surface area contributed by atoms with Gasteiger partial charge in [-0.3, -0.25) is 24.0 Å². The molecule has 0 spiro atoms. The van der Waals surface area contributed by atoms with Crippen molar-refractivity contribution in [2.45, 2.75) is 164 Å². The van der Waals surface area contributed by atoms with Gasteiger partial charge in [0.25, 0.3) is 0 Å². The fourth-order valence-electron chi connectivity index (χ4n) is 15.7. The number of aryl methyl sites for hydroxylation is 5. The predicted octanol–water partition coefficient (Wildman–Crippen LogP) is 4.61. The molecule has 10 aromatic carbocycles. The fourth-order valence-corrected chi connectivity index (χ4v) is 15.7. The quantitative estimate of drug-likeness (QED) is 0.0938. The Morgan fingerprint density at radius 2 is 0.451 bits per heavy atom. The number of phenolic OH excluding ortho intramolecular Hbond substituents is 15. The predicted molar refractivity (Wildman–Crippen MR) is 454 cm³/mol. The number of hydrogen-bond acceptors (Lipinski definition) is 40. The van der Waals surface area contributed by atoms with E-state index in [1.165, 1.54) is 48.5 Å². The van der Waals surface area contributed by atoms with Crippen LogP contribution in [0.5, 0.6) is 115 Å². The molecule has 12 unspecified atom stereocenters. The molecule has 0 bridgehead atoms. The molecule has 17 rings (SSSR count). The lowest BCUT2D eigenvalue weighted by Crippen LogP contribution is -2.55. The standard InChI is InChI=1S/2C22H24O11.3C16H14O6.CH4/c2*1-7-2-3-8(4-9(7)24)21-19(30)17(28)14-11(32-21)5-10(25)13(16(14)27)22-20(31)18(29)15(26)12(6-23)33-22;3*1-7-2-3-8(4-10(7)18)16-15(21)14(20)13-11(19)5-9(17)6-12(13)22-16;/h2*2-5,12,15,18-27,29-31H,6H2,1H3;3*2-6,15-19,21H,1H3;1H4/t2*12?,15?,18?,19-,20?,21+,22?;2*15-,16+;;/m1010../s1. The van der Waals surface area contributed by atoms with E-state index in [-0.39, 0.29) is 110 Å². The molecule has 7 aliphatic rings.